The van der Waals surface area contributed by atoms with E-state index in [0.717, 1.165) is 5.69 Å². The van der Waals surface area contributed by atoms with Crippen LogP contribution >= 0.6 is 7.37 Å². The van der Waals surface area contributed by atoms with Crippen LogP contribution < -0.4 is 19.7 Å². The van der Waals surface area contributed by atoms with E-state index in [0.29, 0.717) is 22.4 Å². The second-order valence-corrected chi connectivity index (χ2v) is 9.64. The number of hydrogen-bond acceptors (Lipinski definition) is 6. The molecule has 1 N–H and O–H groups in total. The molecule has 0 aromatic heterocycles. The maximum Gasteiger partial charge on any atom is 0.264 e. The van der Waals surface area contributed by atoms with E-state index in [2.05, 4.69) is 0 Å². The summed E-state index contributed by atoms with van der Waals surface area (Å²) in [6.07, 6.45) is 0. The molecule has 2 aromatic carbocycles. The predicted molar refractivity (Wildman–Crippen MR) is 113 cm³/mol. The van der Waals surface area contributed by atoms with Crippen LogP contribution in [0.4, 0.5) is 5.69 Å². The van der Waals surface area contributed by atoms with Crippen LogP contribution in [0.2, 0.25) is 0 Å². The molecule has 0 saturated carbocycles. The van der Waals surface area contributed by atoms with Crippen molar-refractivity contribution in [1.29, 1.82) is 0 Å². The van der Waals surface area contributed by atoms with E-state index in [-0.39, 0.29) is 12.5 Å². The summed E-state index contributed by atoms with van der Waals surface area (Å²) in [5, 5.41) is 11.5. The average Bonchev–Trinajstić information content (AvgIpc) is 2.70. The van der Waals surface area contributed by atoms with Crippen LogP contribution in [0, 0.1) is 5.92 Å². The quantitative estimate of drug-likeness (QED) is 0.633. The van der Waals surface area contributed by atoms with Crippen LogP contribution in [0.5, 0.6) is 11.5 Å². The summed E-state index contributed by atoms with van der Waals surface area (Å²) in [4.78, 5) is 1.95. The Bertz CT molecular complexity index is 820. The van der Waals surface area contributed by atoms with Gasteiger partial charge in [0.1, 0.15) is 0 Å². The molecule has 2 rings (SSSR count). The van der Waals surface area contributed by atoms with Crippen LogP contribution in [0.3, 0.4) is 0 Å². The van der Waals surface area contributed by atoms with E-state index in [1.807, 2.05) is 45.0 Å². The van der Waals surface area contributed by atoms with Crippen molar-refractivity contribution in [2.24, 2.45) is 5.92 Å². The Balaban J connectivity index is 2.48. The van der Waals surface area contributed by atoms with Crippen LogP contribution in [0.15, 0.2) is 42.5 Å². The van der Waals surface area contributed by atoms with Gasteiger partial charge >= 0.3 is 0 Å². The molecule has 0 fully saturated rings. The molecule has 2 aromatic rings. The molecular weight excluding hydrogens is 377 g/mol. The van der Waals surface area contributed by atoms with Gasteiger partial charge in [0.15, 0.2) is 17.3 Å². The summed E-state index contributed by atoms with van der Waals surface area (Å²) in [7, 11) is 3.32. The molecule has 0 heterocycles. The zero-order chi connectivity index (χ0) is 20.9. The Morgan fingerprint density at radius 1 is 1.00 bits per heavy atom. The van der Waals surface area contributed by atoms with Crippen LogP contribution in [0.25, 0.3) is 0 Å². The van der Waals surface area contributed by atoms with Crippen molar-refractivity contribution in [1.82, 2.24) is 0 Å². The van der Waals surface area contributed by atoms with E-state index in [1.165, 1.54) is 14.2 Å². The van der Waals surface area contributed by atoms with Crippen molar-refractivity contribution in [2.45, 2.75) is 19.7 Å². The fraction of sp³-hybridized carbons (Fsp3) is 0.429. The molecule has 6 nitrogen and oxygen atoms in total. The van der Waals surface area contributed by atoms with E-state index in [9.17, 15) is 9.67 Å². The molecular formula is C21H30NO5P. The smallest absolute Gasteiger partial charge is 0.264 e. The molecule has 0 saturated heterocycles. The topological polar surface area (TPSA) is 68.2 Å². The van der Waals surface area contributed by atoms with Gasteiger partial charge in [0, 0.05) is 25.1 Å². The fourth-order valence-corrected chi connectivity index (χ4v) is 4.92. The summed E-state index contributed by atoms with van der Waals surface area (Å²) >= 11 is 0. The summed E-state index contributed by atoms with van der Waals surface area (Å²) in [5.74, 6) is -0.160. The predicted octanol–water partition coefficient (Wildman–Crippen LogP) is 4.04. The van der Waals surface area contributed by atoms with Gasteiger partial charge in [-0.1, -0.05) is 19.9 Å². The molecule has 0 unspecified atom stereocenters. The second kappa shape index (κ2) is 9.46. The Morgan fingerprint density at radius 3 is 2.11 bits per heavy atom. The number of ether oxygens (including phenoxy) is 2. The van der Waals surface area contributed by atoms with Crippen LogP contribution in [-0.4, -0.2) is 40.0 Å². The first kappa shape index (κ1) is 22.3. The first-order chi connectivity index (χ1) is 13.2. The third-order valence-corrected chi connectivity index (χ3v) is 6.85. The first-order valence-electron chi connectivity index (χ1n) is 9.15. The molecule has 0 aliphatic rings. The molecule has 0 spiro atoms. The normalized spacial score (nSPS) is 14.4. The maximum atomic E-state index is 13.9. The number of methoxy groups -OCH3 is 2. The Hall–Kier alpha value is -2.01. The van der Waals surface area contributed by atoms with Crippen molar-refractivity contribution in [3.8, 4) is 11.5 Å². The van der Waals surface area contributed by atoms with Gasteiger partial charge < -0.3 is 24.0 Å². The van der Waals surface area contributed by atoms with Gasteiger partial charge in [-0.3, -0.25) is 4.57 Å². The summed E-state index contributed by atoms with van der Waals surface area (Å²) in [6, 6.07) is 12.2. The van der Waals surface area contributed by atoms with E-state index in [4.69, 9.17) is 14.0 Å². The lowest BCUT2D eigenvalue weighted by Crippen LogP contribution is -2.17. The lowest BCUT2D eigenvalue weighted by atomic mass is 10.2. The van der Waals surface area contributed by atoms with E-state index >= 15 is 0 Å². The minimum absolute atomic E-state index is 0.173. The van der Waals surface area contributed by atoms with Crippen molar-refractivity contribution in [2.75, 3.05) is 39.8 Å². The number of benzene rings is 2. The van der Waals surface area contributed by atoms with Gasteiger partial charge in [-0.25, -0.2) is 0 Å². The standard InChI is InChI=1S/C21H30NO5P/c1-15(2)14-27-28(24,18-10-8-17(9-11-18)22(3)4)21(23)16-7-12-19(25-5)20(13-16)26-6/h7-13,15,21,23H,14H2,1-6H3/t21-,28-/m1/s1. The summed E-state index contributed by atoms with van der Waals surface area (Å²) in [6.45, 7) is 4.22. The largest absolute Gasteiger partial charge is 0.493 e. The fourth-order valence-electron chi connectivity index (χ4n) is 2.71. The number of anilines is 1. The van der Waals surface area contributed by atoms with Gasteiger partial charge in [-0.15, -0.1) is 0 Å². The highest BCUT2D eigenvalue weighted by atomic mass is 31.2. The third kappa shape index (κ3) is 4.88. The Labute approximate surface area is 167 Å². The monoisotopic (exact) mass is 407 g/mol. The Morgan fingerprint density at radius 2 is 1.61 bits per heavy atom. The Kier molecular flexibility index (Phi) is 7.53. The van der Waals surface area contributed by atoms with Gasteiger partial charge in [0.05, 0.1) is 20.8 Å². The molecule has 0 amide bonds. The zero-order valence-corrected chi connectivity index (χ0v) is 18.3. The minimum atomic E-state index is -3.60. The summed E-state index contributed by atoms with van der Waals surface area (Å²) < 4.78 is 30.3. The number of aliphatic hydroxyl groups excluding tert-OH is 1. The average molecular weight is 407 g/mol. The van der Waals surface area contributed by atoms with Gasteiger partial charge in [-0.05, 0) is 47.9 Å². The second-order valence-electron chi connectivity index (χ2n) is 7.19. The lowest BCUT2D eigenvalue weighted by Gasteiger charge is -2.26. The van der Waals surface area contributed by atoms with Crippen molar-refractivity contribution in [3.63, 3.8) is 0 Å². The molecule has 2 atom stereocenters. The SMILES string of the molecule is COc1ccc([C@H](O)[P@](=O)(OCC(C)C)c2ccc(N(C)C)cc2)cc1OC. The minimum Gasteiger partial charge on any atom is -0.493 e. The third-order valence-electron chi connectivity index (χ3n) is 4.35. The van der Waals surface area contributed by atoms with Gasteiger partial charge in [0.2, 0.25) is 0 Å². The summed E-state index contributed by atoms with van der Waals surface area (Å²) in [5.41, 5.74) is 1.42. The van der Waals surface area contributed by atoms with Crippen LogP contribution in [-0.2, 0) is 9.09 Å². The van der Waals surface area contributed by atoms with Crippen molar-refractivity contribution < 1.29 is 23.7 Å². The highest BCUT2D eigenvalue weighted by molar-refractivity contribution is 7.67. The number of hydrogen-bond donors (Lipinski definition) is 1. The molecule has 154 valence electrons. The van der Waals surface area contributed by atoms with Crippen LogP contribution in [0.1, 0.15) is 25.3 Å². The highest BCUT2D eigenvalue weighted by Gasteiger charge is 2.37. The number of aliphatic hydroxyl groups is 1. The lowest BCUT2D eigenvalue weighted by molar-refractivity contribution is 0.202. The molecule has 0 aliphatic heterocycles. The van der Waals surface area contributed by atoms with E-state index < -0.39 is 13.2 Å². The van der Waals surface area contributed by atoms with Gasteiger partial charge in [0.25, 0.3) is 7.37 Å². The molecule has 7 heteroatoms. The molecule has 0 bridgehead atoms. The van der Waals surface area contributed by atoms with Crippen molar-refractivity contribution in [3.05, 3.63) is 48.0 Å². The first-order valence-corrected chi connectivity index (χ1v) is 10.8. The molecule has 28 heavy (non-hydrogen) atoms. The highest BCUT2D eigenvalue weighted by Crippen LogP contribution is 2.58. The molecule has 0 aliphatic carbocycles. The zero-order valence-electron chi connectivity index (χ0n) is 17.4. The number of nitrogens with zero attached hydrogens (tertiary/aromatic N) is 1. The van der Waals surface area contributed by atoms with Gasteiger partial charge in [-0.2, -0.15) is 0 Å². The van der Waals surface area contributed by atoms with E-state index in [1.54, 1.807) is 30.3 Å². The van der Waals surface area contributed by atoms with Crippen molar-refractivity contribution >= 4 is 18.4 Å². The molecule has 0 radical (unpaired) electrons. The number of rotatable bonds is 9. The maximum absolute atomic E-state index is 13.9.